The van der Waals surface area contributed by atoms with E-state index < -0.39 is 0 Å². The van der Waals surface area contributed by atoms with Crippen molar-refractivity contribution >= 4 is 0 Å². The van der Waals surface area contributed by atoms with Crippen LogP contribution in [0.5, 0.6) is 0 Å². The molecule has 12 heavy (non-hydrogen) atoms. The summed E-state index contributed by atoms with van der Waals surface area (Å²) in [5.41, 5.74) is 0.671. The van der Waals surface area contributed by atoms with Crippen LogP contribution in [0.25, 0.3) is 0 Å². The van der Waals surface area contributed by atoms with Crippen molar-refractivity contribution in [3.63, 3.8) is 0 Å². The average Bonchev–Trinajstić information content (AvgIpc) is 2.21. The molecule has 0 amide bonds. The van der Waals surface area contributed by atoms with Gasteiger partial charge in [0.1, 0.15) is 11.8 Å². The van der Waals surface area contributed by atoms with Crippen molar-refractivity contribution in [3.05, 3.63) is 11.9 Å². The SMILES string of the molecule is c1nnnnc1C1COCCO1. The van der Waals surface area contributed by atoms with Crippen LogP contribution in [0.15, 0.2) is 6.20 Å². The third-order valence-electron chi connectivity index (χ3n) is 1.59. The first kappa shape index (κ1) is 7.51. The highest BCUT2D eigenvalue weighted by molar-refractivity contribution is 4.96. The van der Waals surface area contributed by atoms with Gasteiger partial charge in [0.25, 0.3) is 0 Å². The highest BCUT2D eigenvalue weighted by Gasteiger charge is 2.18. The molecule has 0 aliphatic carbocycles. The molecule has 1 aliphatic rings. The van der Waals surface area contributed by atoms with Crippen LogP contribution in [0.4, 0.5) is 0 Å². The lowest BCUT2D eigenvalue weighted by atomic mass is 10.3. The van der Waals surface area contributed by atoms with Crippen LogP contribution < -0.4 is 0 Å². The van der Waals surface area contributed by atoms with Crippen LogP contribution >= 0.6 is 0 Å². The third-order valence-corrected chi connectivity index (χ3v) is 1.59. The summed E-state index contributed by atoms with van der Waals surface area (Å²) >= 11 is 0. The Morgan fingerprint density at radius 1 is 1.33 bits per heavy atom. The monoisotopic (exact) mass is 168 g/mol. The second-order valence-electron chi connectivity index (χ2n) is 2.38. The zero-order valence-corrected chi connectivity index (χ0v) is 6.38. The standard InChI is InChI=1S/C6H8N4O2/c1-2-12-6(4-11-1)5-3-7-9-10-8-5/h3,6H,1-2,4H2. The molecule has 64 valence electrons. The van der Waals surface area contributed by atoms with E-state index in [0.29, 0.717) is 25.5 Å². The lowest BCUT2D eigenvalue weighted by Crippen LogP contribution is -2.23. The molecule has 1 aromatic rings. The highest BCUT2D eigenvalue weighted by Crippen LogP contribution is 2.16. The molecular weight excluding hydrogens is 160 g/mol. The van der Waals surface area contributed by atoms with Gasteiger partial charge in [0.05, 0.1) is 26.0 Å². The van der Waals surface area contributed by atoms with Crippen LogP contribution in [0.1, 0.15) is 11.8 Å². The maximum Gasteiger partial charge on any atom is 0.126 e. The molecule has 1 atom stereocenters. The Kier molecular flexibility index (Phi) is 2.19. The van der Waals surface area contributed by atoms with Gasteiger partial charge in [-0.2, -0.15) is 0 Å². The molecule has 1 unspecified atom stereocenters. The molecular formula is C6H8N4O2. The molecule has 0 aromatic carbocycles. The lowest BCUT2D eigenvalue weighted by molar-refractivity contribution is -0.0923. The predicted octanol–water partition coefficient (Wildman–Crippen LogP) is -0.646. The van der Waals surface area contributed by atoms with Gasteiger partial charge < -0.3 is 9.47 Å². The van der Waals surface area contributed by atoms with Gasteiger partial charge in [0.2, 0.25) is 0 Å². The maximum absolute atomic E-state index is 5.37. The van der Waals surface area contributed by atoms with E-state index in [0.717, 1.165) is 0 Å². The Bertz CT molecular complexity index is 237. The molecule has 0 N–H and O–H groups in total. The van der Waals surface area contributed by atoms with E-state index in [1.807, 2.05) is 0 Å². The number of nitrogens with zero attached hydrogens (tertiary/aromatic N) is 4. The normalized spacial score (nSPS) is 23.8. The van der Waals surface area contributed by atoms with E-state index >= 15 is 0 Å². The van der Waals surface area contributed by atoms with Gasteiger partial charge in [0.15, 0.2) is 0 Å². The minimum absolute atomic E-state index is 0.137. The minimum atomic E-state index is -0.137. The first-order valence-electron chi connectivity index (χ1n) is 3.67. The van der Waals surface area contributed by atoms with Gasteiger partial charge in [0, 0.05) is 0 Å². The fourth-order valence-electron chi connectivity index (χ4n) is 1.01. The van der Waals surface area contributed by atoms with Crippen LogP contribution in [0, 0.1) is 0 Å². The van der Waals surface area contributed by atoms with Crippen LogP contribution in [-0.4, -0.2) is 40.4 Å². The van der Waals surface area contributed by atoms with E-state index in [4.69, 9.17) is 9.47 Å². The van der Waals surface area contributed by atoms with E-state index in [-0.39, 0.29) is 6.10 Å². The average molecular weight is 168 g/mol. The summed E-state index contributed by atoms with van der Waals surface area (Å²) in [4.78, 5) is 0. The summed E-state index contributed by atoms with van der Waals surface area (Å²) < 4.78 is 10.6. The van der Waals surface area contributed by atoms with Crippen molar-refractivity contribution in [2.45, 2.75) is 6.10 Å². The summed E-state index contributed by atoms with van der Waals surface area (Å²) in [5.74, 6) is 0. The number of rotatable bonds is 1. The van der Waals surface area contributed by atoms with Crippen molar-refractivity contribution in [1.29, 1.82) is 0 Å². The van der Waals surface area contributed by atoms with Crippen molar-refractivity contribution in [3.8, 4) is 0 Å². The number of ether oxygens (including phenoxy) is 2. The molecule has 2 rings (SSSR count). The third kappa shape index (κ3) is 1.54. The van der Waals surface area contributed by atoms with Gasteiger partial charge in [-0.05, 0) is 10.4 Å². The Balaban J connectivity index is 2.08. The maximum atomic E-state index is 5.37. The van der Waals surface area contributed by atoms with Gasteiger partial charge in [-0.1, -0.05) is 0 Å². The summed E-state index contributed by atoms with van der Waals surface area (Å²) in [5, 5.41) is 14.1. The predicted molar refractivity (Wildman–Crippen MR) is 37.1 cm³/mol. The van der Waals surface area contributed by atoms with E-state index in [9.17, 15) is 0 Å². The molecule has 0 spiro atoms. The van der Waals surface area contributed by atoms with Gasteiger partial charge in [-0.3, -0.25) is 0 Å². The number of hydrogen-bond acceptors (Lipinski definition) is 6. The summed E-state index contributed by atoms with van der Waals surface area (Å²) in [6, 6.07) is 0. The molecule has 1 aromatic heterocycles. The van der Waals surface area contributed by atoms with Crippen molar-refractivity contribution < 1.29 is 9.47 Å². The van der Waals surface area contributed by atoms with Crippen molar-refractivity contribution in [2.75, 3.05) is 19.8 Å². The minimum Gasteiger partial charge on any atom is -0.376 e. The Morgan fingerprint density at radius 3 is 3.00 bits per heavy atom. The smallest absolute Gasteiger partial charge is 0.126 e. The lowest BCUT2D eigenvalue weighted by Gasteiger charge is -2.21. The molecule has 1 fully saturated rings. The van der Waals surface area contributed by atoms with E-state index in [1.165, 1.54) is 6.20 Å². The topological polar surface area (TPSA) is 70.0 Å². The summed E-state index contributed by atoms with van der Waals surface area (Å²) in [6.45, 7) is 1.75. The Hall–Kier alpha value is -1.14. The quantitative estimate of drug-likeness (QED) is 0.555. The van der Waals surface area contributed by atoms with Crippen molar-refractivity contribution in [1.82, 2.24) is 20.6 Å². The molecule has 6 heteroatoms. The summed E-state index contributed by atoms with van der Waals surface area (Å²) in [6.07, 6.45) is 1.40. The molecule has 0 saturated carbocycles. The van der Waals surface area contributed by atoms with Gasteiger partial charge >= 0.3 is 0 Å². The highest BCUT2D eigenvalue weighted by atomic mass is 16.6. The van der Waals surface area contributed by atoms with E-state index in [1.54, 1.807) is 0 Å². The molecule has 2 heterocycles. The molecule has 0 radical (unpaired) electrons. The van der Waals surface area contributed by atoms with Crippen molar-refractivity contribution in [2.24, 2.45) is 0 Å². The first-order chi connectivity index (χ1) is 5.97. The van der Waals surface area contributed by atoms with Gasteiger partial charge in [-0.15, -0.1) is 10.2 Å². The molecule has 0 bridgehead atoms. The largest absolute Gasteiger partial charge is 0.376 e. The Labute approximate surface area is 68.9 Å². The van der Waals surface area contributed by atoms with Crippen LogP contribution in [0.3, 0.4) is 0 Å². The summed E-state index contributed by atoms with van der Waals surface area (Å²) in [7, 11) is 0. The number of aromatic nitrogens is 4. The fraction of sp³-hybridized carbons (Fsp3) is 0.667. The van der Waals surface area contributed by atoms with Gasteiger partial charge in [-0.25, -0.2) is 0 Å². The fourth-order valence-corrected chi connectivity index (χ4v) is 1.01. The molecule has 1 aliphatic heterocycles. The Morgan fingerprint density at radius 2 is 2.33 bits per heavy atom. The molecule has 6 nitrogen and oxygen atoms in total. The van der Waals surface area contributed by atoms with Crippen LogP contribution in [-0.2, 0) is 9.47 Å². The first-order valence-corrected chi connectivity index (χ1v) is 3.67. The zero-order valence-electron chi connectivity index (χ0n) is 6.38. The van der Waals surface area contributed by atoms with Crippen LogP contribution in [0.2, 0.25) is 0 Å². The second kappa shape index (κ2) is 3.51. The number of hydrogen-bond donors (Lipinski definition) is 0. The molecule has 1 saturated heterocycles. The second-order valence-corrected chi connectivity index (χ2v) is 2.38. The van der Waals surface area contributed by atoms with E-state index in [2.05, 4.69) is 20.6 Å². The zero-order chi connectivity index (χ0) is 8.23.